The van der Waals surface area contributed by atoms with Gasteiger partial charge in [0.2, 0.25) is 0 Å². The van der Waals surface area contributed by atoms with Gasteiger partial charge in [-0.3, -0.25) is 0 Å². The van der Waals surface area contributed by atoms with Crippen molar-refractivity contribution in [1.29, 1.82) is 0 Å². The summed E-state index contributed by atoms with van der Waals surface area (Å²) >= 11 is 0. The van der Waals surface area contributed by atoms with Crippen molar-refractivity contribution in [1.82, 2.24) is 0 Å². The zero-order valence-electron chi connectivity index (χ0n) is 9.69. The van der Waals surface area contributed by atoms with Gasteiger partial charge in [-0.05, 0) is 52.2 Å². The normalized spacial score (nSPS) is 11.1. The molecule has 0 bridgehead atoms. The Morgan fingerprint density at radius 3 is 2.06 bits per heavy atom. The summed E-state index contributed by atoms with van der Waals surface area (Å²) in [6.07, 6.45) is 0.947. The molecule has 0 radical (unpaired) electrons. The molecule has 1 heteroatoms. The summed E-state index contributed by atoms with van der Waals surface area (Å²) in [5.74, 6) is 0. The fraction of sp³-hybridized carbons (Fsp3) is 0.125. The van der Waals surface area contributed by atoms with E-state index in [2.05, 4.69) is 54.6 Å². The zero-order valence-corrected chi connectivity index (χ0v) is 9.69. The molecule has 0 aliphatic rings. The largest absolute Gasteiger partial charge is 0.330 e. The van der Waals surface area contributed by atoms with E-state index in [4.69, 9.17) is 5.73 Å². The van der Waals surface area contributed by atoms with Crippen LogP contribution in [0.5, 0.6) is 0 Å². The lowest BCUT2D eigenvalue weighted by atomic mass is 10.0. The van der Waals surface area contributed by atoms with Crippen LogP contribution < -0.4 is 5.73 Å². The van der Waals surface area contributed by atoms with Gasteiger partial charge in [-0.15, -0.1) is 0 Å². The first-order chi connectivity index (χ1) is 8.36. The topological polar surface area (TPSA) is 26.0 Å². The first kappa shape index (κ1) is 10.3. The van der Waals surface area contributed by atoms with Crippen LogP contribution in [0.15, 0.2) is 54.6 Å². The number of hydrogen-bond acceptors (Lipinski definition) is 1. The molecule has 0 aromatic heterocycles. The quantitative estimate of drug-likeness (QED) is 0.658. The van der Waals surface area contributed by atoms with E-state index in [0.717, 1.165) is 6.42 Å². The smallest absolute Gasteiger partial charge is 0.00367 e. The number of nitrogens with two attached hydrogens (primary N) is 1. The molecule has 0 amide bonds. The van der Waals surface area contributed by atoms with Gasteiger partial charge in [-0.2, -0.15) is 0 Å². The lowest BCUT2D eigenvalue weighted by Crippen LogP contribution is -2.02. The van der Waals surface area contributed by atoms with Crippen LogP contribution in [0, 0.1) is 0 Å². The molecule has 17 heavy (non-hydrogen) atoms. The molecule has 0 spiro atoms. The fourth-order valence-electron chi connectivity index (χ4n) is 2.31. The van der Waals surface area contributed by atoms with Crippen molar-refractivity contribution in [3.8, 4) is 0 Å². The molecular formula is C16H15N. The Kier molecular flexibility index (Phi) is 2.54. The molecule has 3 rings (SSSR count). The van der Waals surface area contributed by atoms with Crippen molar-refractivity contribution in [2.75, 3.05) is 6.54 Å². The summed E-state index contributed by atoms with van der Waals surface area (Å²) in [7, 11) is 0. The molecule has 2 N–H and O–H groups in total. The highest BCUT2D eigenvalue weighted by molar-refractivity contribution is 5.98. The number of rotatable bonds is 2. The van der Waals surface area contributed by atoms with Gasteiger partial charge in [0.15, 0.2) is 0 Å². The minimum atomic E-state index is 0.707. The van der Waals surface area contributed by atoms with E-state index < -0.39 is 0 Å². The van der Waals surface area contributed by atoms with Crippen molar-refractivity contribution >= 4 is 21.5 Å². The van der Waals surface area contributed by atoms with Crippen molar-refractivity contribution in [3.05, 3.63) is 60.2 Å². The molecule has 0 aliphatic carbocycles. The van der Waals surface area contributed by atoms with Gasteiger partial charge >= 0.3 is 0 Å². The maximum atomic E-state index is 5.60. The highest BCUT2D eigenvalue weighted by atomic mass is 14.5. The third kappa shape index (κ3) is 1.90. The van der Waals surface area contributed by atoms with Gasteiger partial charge in [0.25, 0.3) is 0 Å². The minimum absolute atomic E-state index is 0.707. The highest BCUT2D eigenvalue weighted by Crippen LogP contribution is 2.23. The minimum Gasteiger partial charge on any atom is -0.330 e. The average molecular weight is 221 g/mol. The molecule has 84 valence electrons. The van der Waals surface area contributed by atoms with Crippen LogP contribution in [-0.2, 0) is 6.42 Å². The van der Waals surface area contributed by atoms with E-state index >= 15 is 0 Å². The summed E-state index contributed by atoms with van der Waals surface area (Å²) < 4.78 is 0. The van der Waals surface area contributed by atoms with Gasteiger partial charge in [-0.1, -0.05) is 42.5 Å². The maximum Gasteiger partial charge on any atom is -0.00367 e. The second-order valence-corrected chi connectivity index (χ2v) is 4.42. The predicted molar refractivity (Wildman–Crippen MR) is 74.2 cm³/mol. The Morgan fingerprint density at radius 2 is 1.35 bits per heavy atom. The molecule has 0 saturated carbocycles. The Morgan fingerprint density at radius 1 is 0.706 bits per heavy atom. The molecule has 0 fully saturated rings. The highest BCUT2D eigenvalue weighted by Gasteiger charge is 1.99. The van der Waals surface area contributed by atoms with Gasteiger partial charge in [0.1, 0.15) is 0 Å². The van der Waals surface area contributed by atoms with Crippen molar-refractivity contribution < 1.29 is 0 Å². The van der Waals surface area contributed by atoms with Gasteiger partial charge < -0.3 is 5.73 Å². The molecule has 0 saturated heterocycles. The second kappa shape index (κ2) is 4.19. The van der Waals surface area contributed by atoms with E-state index in [-0.39, 0.29) is 0 Å². The van der Waals surface area contributed by atoms with Crippen LogP contribution in [0.3, 0.4) is 0 Å². The maximum absolute atomic E-state index is 5.60. The van der Waals surface area contributed by atoms with E-state index in [1.807, 2.05) is 0 Å². The average Bonchev–Trinajstić information content (AvgIpc) is 2.36. The molecule has 0 atom stereocenters. The third-order valence-electron chi connectivity index (χ3n) is 3.20. The third-order valence-corrected chi connectivity index (χ3v) is 3.20. The molecular weight excluding hydrogens is 206 g/mol. The van der Waals surface area contributed by atoms with Crippen molar-refractivity contribution in [2.24, 2.45) is 5.73 Å². The standard InChI is InChI=1S/C16H15N/c17-8-7-12-5-6-15-10-13-3-1-2-4-14(13)11-16(15)9-12/h1-6,9-11H,7-8,17H2. The number of benzene rings is 3. The summed E-state index contributed by atoms with van der Waals surface area (Å²) in [5, 5.41) is 5.19. The Labute approximate surface area is 101 Å². The first-order valence-electron chi connectivity index (χ1n) is 5.98. The van der Waals surface area contributed by atoms with Gasteiger partial charge in [0.05, 0.1) is 0 Å². The SMILES string of the molecule is NCCc1ccc2cc3ccccc3cc2c1. The van der Waals surface area contributed by atoms with E-state index in [1.165, 1.54) is 27.1 Å². The summed E-state index contributed by atoms with van der Waals surface area (Å²) in [6.45, 7) is 0.707. The molecule has 3 aromatic carbocycles. The second-order valence-electron chi connectivity index (χ2n) is 4.42. The van der Waals surface area contributed by atoms with E-state index in [0.29, 0.717) is 6.54 Å². The molecule has 0 aliphatic heterocycles. The number of hydrogen-bond donors (Lipinski definition) is 1. The summed E-state index contributed by atoms with van der Waals surface area (Å²) in [6, 6.07) is 19.6. The lowest BCUT2D eigenvalue weighted by molar-refractivity contribution is 0.971. The van der Waals surface area contributed by atoms with Crippen LogP contribution >= 0.6 is 0 Å². The first-order valence-corrected chi connectivity index (χ1v) is 5.98. The fourth-order valence-corrected chi connectivity index (χ4v) is 2.31. The monoisotopic (exact) mass is 221 g/mol. The van der Waals surface area contributed by atoms with Crippen LogP contribution in [-0.4, -0.2) is 6.54 Å². The van der Waals surface area contributed by atoms with Crippen LogP contribution in [0.4, 0.5) is 0 Å². The molecule has 0 unspecified atom stereocenters. The predicted octanol–water partition coefficient (Wildman–Crippen LogP) is 3.49. The Balaban J connectivity index is 2.25. The summed E-state index contributed by atoms with van der Waals surface area (Å²) in [5.41, 5.74) is 6.91. The van der Waals surface area contributed by atoms with Crippen LogP contribution in [0.1, 0.15) is 5.56 Å². The zero-order chi connectivity index (χ0) is 11.7. The molecule has 3 aromatic rings. The number of fused-ring (bicyclic) bond motifs is 2. The van der Waals surface area contributed by atoms with Crippen LogP contribution in [0.25, 0.3) is 21.5 Å². The van der Waals surface area contributed by atoms with E-state index in [1.54, 1.807) is 0 Å². The summed E-state index contributed by atoms with van der Waals surface area (Å²) in [4.78, 5) is 0. The lowest BCUT2D eigenvalue weighted by Gasteiger charge is -2.05. The van der Waals surface area contributed by atoms with Crippen molar-refractivity contribution in [2.45, 2.75) is 6.42 Å². The van der Waals surface area contributed by atoms with Gasteiger partial charge in [-0.25, -0.2) is 0 Å². The van der Waals surface area contributed by atoms with Gasteiger partial charge in [0, 0.05) is 0 Å². The van der Waals surface area contributed by atoms with Crippen molar-refractivity contribution in [3.63, 3.8) is 0 Å². The molecule has 1 nitrogen and oxygen atoms in total. The van der Waals surface area contributed by atoms with Crippen LogP contribution in [0.2, 0.25) is 0 Å². The Bertz CT molecular complexity index is 670. The van der Waals surface area contributed by atoms with E-state index in [9.17, 15) is 0 Å². The molecule has 0 heterocycles. The Hall–Kier alpha value is -1.86.